The Balaban J connectivity index is 0.000000114. The first-order valence-corrected chi connectivity index (χ1v) is 4.20. The van der Waals surface area contributed by atoms with Crippen LogP contribution in [0.1, 0.15) is 26.2 Å². The van der Waals surface area contributed by atoms with Crippen molar-refractivity contribution in [3.8, 4) is 0 Å². The summed E-state index contributed by atoms with van der Waals surface area (Å²) >= 11 is 0. The number of carbonyl (C=O) groups is 1. The molecule has 3 heteroatoms. The second-order valence-electron chi connectivity index (χ2n) is 3.04. The topological polar surface area (TPSA) is 40.3 Å². The molecule has 1 N–H and O–H groups in total. The minimum atomic E-state index is -0.745. The Labute approximate surface area is 67.0 Å². The van der Waals surface area contributed by atoms with Crippen LogP contribution in [0.15, 0.2) is 0 Å². The molecule has 0 radical (unpaired) electrons. The molecular weight excluding hydrogens is 142 g/mol. The average Bonchev–Trinajstić information content (AvgIpc) is 2.61. The van der Waals surface area contributed by atoms with Crippen LogP contribution in [0.25, 0.3) is 0 Å². The molecule has 0 spiro atoms. The largest absolute Gasteiger partial charge is 0.481 e. The van der Waals surface area contributed by atoms with Crippen molar-refractivity contribution in [2.75, 3.05) is 13.1 Å². The van der Waals surface area contributed by atoms with Gasteiger partial charge in [0.05, 0.1) is 0 Å². The SMILES string of the molecule is C1CC2CN2C1.CCC(=O)O. The lowest BCUT2D eigenvalue weighted by molar-refractivity contribution is -0.136. The smallest absolute Gasteiger partial charge is 0.303 e. The molecule has 0 saturated carbocycles. The number of aliphatic carboxylic acids is 1. The van der Waals surface area contributed by atoms with E-state index in [1.807, 2.05) is 0 Å². The predicted molar refractivity (Wildman–Crippen MR) is 42.5 cm³/mol. The Hall–Kier alpha value is -0.570. The van der Waals surface area contributed by atoms with E-state index in [4.69, 9.17) is 5.11 Å². The minimum Gasteiger partial charge on any atom is -0.481 e. The molecule has 64 valence electrons. The van der Waals surface area contributed by atoms with Gasteiger partial charge < -0.3 is 5.11 Å². The molecule has 2 heterocycles. The molecule has 2 aliphatic heterocycles. The monoisotopic (exact) mass is 157 g/mol. The summed E-state index contributed by atoms with van der Waals surface area (Å²) in [6.45, 7) is 4.41. The highest BCUT2D eigenvalue weighted by molar-refractivity contribution is 5.66. The van der Waals surface area contributed by atoms with Crippen molar-refractivity contribution in [1.29, 1.82) is 0 Å². The third kappa shape index (κ3) is 2.89. The zero-order valence-corrected chi connectivity index (χ0v) is 6.92. The van der Waals surface area contributed by atoms with E-state index in [1.165, 1.54) is 25.9 Å². The summed E-state index contributed by atoms with van der Waals surface area (Å²) in [5.74, 6) is -0.745. The van der Waals surface area contributed by atoms with Crippen molar-refractivity contribution in [3.63, 3.8) is 0 Å². The molecule has 3 nitrogen and oxygen atoms in total. The van der Waals surface area contributed by atoms with Crippen LogP contribution in [0.3, 0.4) is 0 Å². The number of carboxylic acids is 1. The second-order valence-corrected chi connectivity index (χ2v) is 3.04. The van der Waals surface area contributed by atoms with Gasteiger partial charge in [0.25, 0.3) is 0 Å². The normalized spacial score (nSPS) is 31.7. The van der Waals surface area contributed by atoms with E-state index in [1.54, 1.807) is 6.92 Å². The van der Waals surface area contributed by atoms with Crippen LogP contribution < -0.4 is 0 Å². The van der Waals surface area contributed by atoms with Crippen molar-refractivity contribution in [3.05, 3.63) is 0 Å². The van der Waals surface area contributed by atoms with Gasteiger partial charge in [0.2, 0.25) is 0 Å². The van der Waals surface area contributed by atoms with Gasteiger partial charge in [-0.15, -0.1) is 0 Å². The molecule has 2 unspecified atom stereocenters. The summed E-state index contributed by atoms with van der Waals surface area (Å²) < 4.78 is 0. The van der Waals surface area contributed by atoms with Gasteiger partial charge in [0.1, 0.15) is 0 Å². The van der Waals surface area contributed by atoms with E-state index < -0.39 is 5.97 Å². The molecule has 11 heavy (non-hydrogen) atoms. The average molecular weight is 157 g/mol. The number of nitrogens with zero attached hydrogens (tertiary/aromatic N) is 1. The number of carboxylic acid groups (broad SMARTS) is 1. The number of hydrogen-bond acceptors (Lipinski definition) is 2. The highest BCUT2D eigenvalue weighted by atomic mass is 16.4. The number of rotatable bonds is 1. The second kappa shape index (κ2) is 3.72. The van der Waals surface area contributed by atoms with Crippen LogP contribution in [-0.4, -0.2) is 35.1 Å². The van der Waals surface area contributed by atoms with E-state index in [2.05, 4.69) is 4.90 Å². The molecule has 0 aliphatic carbocycles. The third-order valence-corrected chi connectivity index (χ3v) is 2.11. The fraction of sp³-hybridized carbons (Fsp3) is 0.875. The van der Waals surface area contributed by atoms with E-state index >= 15 is 0 Å². The molecular formula is C8H15NO2. The van der Waals surface area contributed by atoms with Gasteiger partial charge in [-0.25, -0.2) is 0 Å². The summed E-state index contributed by atoms with van der Waals surface area (Å²) in [6, 6.07) is 1.05. The van der Waals surface area contributed by atoms with Crippen LogP contribution in [-0.2, 0) is 4.79 Å². The van der Waals surface area contributed by atoms with E-state index in [0.29, 0.717) is 0 Å². The summed E-state index contributed by atoms with van der Waals surface area (Å²) in [6.07, 6.45) is 3.17. The van der Waals surface area contributed by atoms with E-state index in [0.717, 1.165) is 6.04 Å². The van der Waals surface area contributed by atoms with Crippen LogP contribution in [0.5, 0.6) is 0 Å². The first-order valence-electron chi connectivity index (χ1n) is 4.20. The molecule has 2 saturated heterocycles. The molecule has 0 bridgehead atoms. The molecule has 2 fully saturated rings. The maximum Gasteiger partial charge on any atom is 0.303 e. The third-order valence-electron chi connectivity index (χ3n) is 2.11. The zero-order chi connectivity index (χ0) is 8.27. The van der Waals surface area contributed by atoms with Crippen molar-refractivity contribution in [2.45, 2.75) is 32.2 Å². The molecule has 2 rings (SSSR count). The highest BCUT2D eigenvalue weighted by Crippen LogP contribution is 2.28. The lowest BCUT2D eigenvalue weighted by atomic mass is 10.3. The highest BCUT2D eigenvalue weighted by Gasteiger charge is 2.37. The fourth-order valence-electron chi connectivity index (χ4n) is 1.30. The van der Waals surface area contributed by atoms with Gasteiger partial charge in [0, 0.05) is 19.0 Å². The van der Waals surface area contributed by atoms with Crippen LogP contribution >= 0.6 is 0 Å². The van der Waals surface area contributed by atoms with Crippen molar-refractivity contribution in [2.24, 2.45) is 0 Å². The Morgan fingerprint density at radius 3 is 2.45 bits per heavy atom. The number of fused-ring (bicyclic) bond motifs is 1. The van der Waals surface area contributed by atoms with Gasteiger partial charge in [-0.05, 0) is 19.4 Å². The lowest BCUT2D eigenvalue weighted by Crippen LogP contribution is -1.90. The molecule has 0 aromatic carbocycles. The van der Waals surface area contributed by atoms with Crippen molar-refractivity contribution >= 4 is 5.97 Å². The van der Waals surface area contributed by atoms with E-state index in [9.17, 15) is 4.79 Å². The Morgan fingerprint density at radius 2 is 2.36 bits per heavy atom. The maximum absolute atomic E-state index is 9.37. The number of piperidine rings is 1. The van der Waals surface area contributed by atoms with Gasteiger partial charge in [0.15, 0.2) is 0 Å². The first kappa shape index (κ1) is 8.53. The summed E-state index contributed by atoms with van der Waals surface area (Å²) in [5, 5.41) is 7.72. The molecule has 0 amide bonds. The van der Waals surface area contributed by atoms with Gasteiger partial charge in [-0.2, -0.15) is 0 Å². The van der Waals surface area contributed by atoms with Gasteiger partial charge in [-0.1, -0.05) is 6.92 Å². The van der Waals surface area contributed by atoms with Crippen molar-refractivity contribution < 1.29 is 9.90 Å². The molecule has 2 atom stereocenters. The minimum absolute atomic E-state index is 0.222. The molecule has 0 aromatic rings. The molecule has 0 aromatic heterocycles. The van der Waals surface area contributed by atoms with Crippen LogP contribution in [0.2, 0.25) is 0 Å². The quantitative estimate of drug-likeness (QED) is 0.576. The predicted octanol–water partition coefficient (Wildman–Crippen LogP) is 0.945. The van der Waals surface area contributed by atoms with E-state index in [-0.39, 0.29) is 6.42 Å². The maximum atomic E-state index is 9.37. The van der Waals surface area contributed by atoms with Gasteiger partial charge in [-0.3, -0.25) is 9.69 Å². The van der Waals surface area contributed by atoms with Crippen molar-refractivity contribution in [1.82, 2.24) is 4.90 Å². The Kier molecular flexibility index (Phi) is 2.88. The van der Waals surface area contributed by atoms with Crippen LogP contribution in [0, 0.1) is 0 Å². The summed E-state index contributed by atoms with van der Waals surface area (Å²) in [5.41, 5.74) is 0. The van der Waals surface area contributed by atoms with Crippen LogP contribution in [0.4, 0.5) is 0 Å². The number of hydrogen-bond donors (Lipinski definition) is 1. The fourth-order valence-corrected chi connectivity index (χ4v) is 1.30. The summed E-state index contributed by atoms with van der Waals surface area (Å²) in [7, 11) is 0. The summed E-state index contributed by atoms with van der Waals surface area (Å²) in [4.78, 5) is 11.9. The lowest BCUT2D eigenvalue weighted by Gasteiger charge is -1.83. The Morgan fingerprint density at radius 1 is 1.73 bits per heavy atom. The first-order chi connectivity index (χ1) is 5.24. The standard InChI is InChI=1S/C5H9N.C3H6O2/c1-2-5-4-6(5)3-1;1-2-3(4)5/h5H,1-4H2;2H2,1H3,(H,4,5). The molecule has 2 aliphatic rings. The Bertz CT molecular complexity index is 139. The zero-order valence-electron chi connectivity index (χ0n) is 6.92. The van der Waals surface area contributed by atoms with Gasteiger partial charge >= 0.3 is 5.97 Å².